The number of rotatable bonds is 4. The highest BCUT2D eigenvalue weighted by atomic mass is 16.1. The maximum Gasteiger partial charge on any atom is 0.226 e. The summed E-state index contributed by atoms with van der Waals surface area (Å²) in [5.41, 5.74) is 4.48. The number of nitrogens with one attached hydrogen (secondary N) is 2. The van der Waals surface area contributed by atoms with E-state index in [-0.39, 0.29) is 11.8 Å². The van der Waals surface area contributed by atoms with Crippen LogP contribution in [0.15, 0.2) is 18.5 Å². The lowest BCUT2D eigenvalue weighted by Gasteiger charge is -2.21. The molecule has 0 radical (unpaired) electrons. The summed E-state index contributed by atoms with van der Waals surface area (Å²) in [5, 5.41) is 10.6. The molecule has 0 aliphatic carbocycles. The van der Waals surface area contributed by atoms with Crippen LogP contribution < -0.4 is 10.6 Å². The van der Waals surface area contributed by atoms with E-state index in [1.54, 1.807) is 16.9 Å². The molecule has 3 aromatic rings. The van der Waals surface area contributed by atoms with Crippen LogP contribution in [0.1, 0.15) is 48.2 Å². The van der Waals surface area contributed by atoms with Crippen LogP contribution in [0.3, 0.4) is 0 Å². The standard InChI is InChI=1S/C18H21N7O/c1-4-5-19-18-20-8-12(9-21-18)13-7-14(26)23-16-15(13)17-22-10(2)6-11(3)25(17)24-16/h6,8-9,13H,4-5,7H2,1-3H3,(H,19,20,21)(H,23,24,26)/t13-/m1/s1. The van der Waals surface area contributed by atoms with E-state index in [4.69, 9.17) is 0 Å². The topological polar surface area (TPSA) is 97.1 Å². The fourth-order valence-corrected chi connectivity index (χ4v) is 3.35. The molecule has 4 heterocycles. The van der Waals surface area contributed by atoms with Crippen molar-refractivity contribution in [1.29, 1.82) is 0 Å². The SMILES string of the molecule is CCCNc1ncc([C@H]2CC(=O)Nc3nn4c(C)cc(C)nc4c32)cn1. The molecule has 26 heavy (non-hydrogen) atoms. The number of aromatic nitrogens is 5. The van der Waals surface area contributed by atoms with Gasteiger partial charge in [0.2, 0.25) is 11.9 Å². The first-order valence-electron chi connectivity index (χ1n) is 8.79. The second-order valence-corrected chi connectivity index (χ2v) is 6.61. The van der Waals surface area contributed by atoms with Crippen molar-refractivity contribution in [1.82, 2.24) is 24.6 Å². The van der Waals surface area contributed by atoms with Gasteiger partial charge < -0.3 is 10.6 Å². The van der Waals surface area contributed by atoms with Crippen LogP contribution in [0, 0.1) is 13.8 Å². The Balaban J connectivity index is 1.80. The summed E-state index contributed by atoms with van der Waals surface area (Å²) >= 11 is 0. The molecule has 134 valence electrons. The number of carbonyl (C=O) groups excluding carboxylic acids is 1. The van der Waals surface area contributed by atoms with Crippen molar-refractivity contribution in [2.24, 2.45) is 0 Å². The highest BCUT2D eigenvalue weighted by Crippen LogP contribution is 2.38. The van der Waals surface area contributed by atoms with Gasteiger partial charge in [-0.2, -0.15) is 0 Å². The Morgan fingerprint density at radius 3 is 2.81 bits per heavy atom. The summed E-state index contributed by atoms with van der Waals surface area (Å²) in [4.78, 5) is 25.7. The fourth-order valence-electron chi connectivity index (χ4n) is 3.35. The zero-order chi connectivity index (χ0) is 18.3. The van der Waals surface area contributed by atoms with E-state index in [2.05, 4.69) is 37.6 Å². The van der Waals surface area contributed by atoms with E-state index in [0.717, 1.165) is 41.1 Å². The summed E-state index contributed by atoms with van der Waals surface area (Å²) < 4.78 is 1.79. The van der Waals surface area contributed by atoms with Crippen molar-refractivity contribution in [3.05, 3.63) is 41.0 Å². The molecule has 1 amide bonds. The number of hydrogen-bond donors (Lipinski definition) is 2. The van der Waals surface area contributed by atoms with Gasteiger partial charge >= 0.3 is 0 Å². The van der Waals surface area contributed by atoms with Crippen LogP contribution in [0.5, 0.6) is 0 Å². The molecule has 4 rings (SSSR count). The van der Waals surface area contributed by atoms with E-state index < -0.39 is 0 Å². The van der Waals surface area contributed by atoms with Gasteiger partial charge in [0.25, 0.3) is 0 Å². The Morgan fingerprint density at radius 1 is 1.31 bits per heavy atom. The van der Waals surface area contributed by atoms with Gasteiger partial charge in [0, 0.05) is 48.2 Å². The van der Waals surface area contributed by atoms with Gasteiger partial charge in [0.15, 0.2) is 11.5 Å². The zero-order valence-electron chi connectivity index (χ0n) is 15.1. The van der Waals surface area contributed by atoms with Crippen molar-refractivity contribution in [3.63, 3.8) is 0 Å². The predicted octanol–water partition coefficient (Wildman–Crippen LogP) is 2.43. The Bertz CT molecular complexity index is 977. The molecule has 3 aromatic heterocycles. The van der Waals surface area contributed by atoms with Gasteiger partial charge in [-0.1, -0.05) is 6.92 Å². The van der Waals surface area contributed by atoms with Gasteiger partial charge in [-0.15, -0.1) is 5.10 Å². The van der Waals surface area contributed by atoms with Gasteiger partial charge in [0.1, 0.15) is 0 Å². The van der Waals surface area contributed by atoms with Crippen molar-refractivity contribution in [2.45, 2.75) is 39.5 Å². The van der Waals surface area contributed by atoms with Gasteiger partial charge in [-0.05, 0) is 31.9 Å². The maximum atomic E-state index is 12.2. The fraction of sp³-hybridized carbons (Fsp3) is 0.389. The molecule has 8 heteroatoms. The second kappa shape index (κ2) is 6.36. The lowest BCUT2D eigenvalue weighted by atomic mass is 9.88. The minimum absolute atomic E-state index is 0.0616. The number of carbonyl (C=O) groups is 1. The molecule has 0 unspecified atom stereocenters. The zero-order valence-corrected chi connectivity index (χ0v) is 15.1. The minimum atomic E-state index is -0.162. The third-order valence-electron chi connectivity index (χ3n) is 4.53. The first kappa shape index (κ1) is 16.4. The van der Waals surface area contributed by atoms with Crippen LogP contribution in [0.25, 0.3) is 5.65 Å². The molecule has 0 saturated carbocycles. The molecule has 0 fully saturated rings. The van der Waals surface area contributed by atoms with Gasteiger partial charge in [-0.25, -0.2) is 19.5 Å². The van der Waals surface area contributed by atoms with Crippen molar-refractivity contribution >= 4 is 23.3 Å². The normalized spacial score (nSPS) is 16.4. The smallest absolute Gasteiger partial charge is 0.226 e. The first-order chi connectivity index (χ1) is 12.6. The Hall–Kier alpha value is -3.03. The molecule has 0 bridgehead atoms. The van der Waals surface area contributed by atoms with Crippen molar-refractivity contribution in [2.75, 3.05) is 17.2 Å². The third kappa shape index (κ3) is 2.77. The Morgan fingerprint density at radius 2 is 2.08 bits per heavy atom. The van der Waals surface area contributed by atoms with E-state index in [1.807, 2.05) is 19.9 Å². The number of anilines is 2. The van der Waals surface area contributed by atoms with E-state index in [0.29, 0.717) is 18.2 Å². The van der Waals surface area contributed by atoms with Crippen molar-refractivity contribution in [3.8, 4) is 0 Å². The van der Waals surface area contributed by atoms with E-state index in [9.17, 15) is 4.79 Å². The van der Waals surface area contributed by atoms with Crippen LogP contribution >= 0.6 is 0 Å². The first-order valence-corrected chi connectivity index (χ1v) is 8.79. The highest BCUT2D eigenvalue weighted by Gasteiger charge is 2.32. The van der Waals surface area contributed by atoms with Crippen molar-refractivity contribution < 1.29 is 4.79 Å². The number of nitrogens with zero attached hydrogens (tertiary/aromatic N) is 5. The summed E-state index contributed by atoms with van der Waals surface area (Å²) in [5.74, 6) is 0.944. The number of amides is 1. The summed E-state index contributed by atoms with van der Waals surface area (Å²) in [7, 11) is 0. The molecule has 1 aliphatic rings. The molecule has 1 atom stereocenters. The molecule has 0 saturated heterocycles. The lowest BCUT2D eigenvalue weighted by Crippen LogP contribution is -2.23. The monoisotopic (exact) mass is 351 g/mol. The summed E-state index contributed by atoms with van der Waals surface area (Å²) in [6.07, 6.45) is 4.90. The molecule has 8 nitrogen and oxygen atoms in total. The molecule has 2 N–H and O–H groups in total. The summed E-state index contributed by atoms with van der Waals surface area (Å²) in [6.45, 7) is 6.85. The molecule has 0 spiro atoms. The quantitative estimate of drug-likeness (QED) is 0.749. The van der Waals surface area contributed by atoms with Crippen LogP contribution in [-0.4, -0.2) is 37.0 Å². The summed E-state index contributed by atoms with van der Waals surface area (Å²) in [6, 6.07) is 1.97. The average Bonchev–Trinajstić information content (AvgIpc) is 2.98. The lowest BCUT2D eigenvalue weighted by molar-refractivity contribution is -0.116. The van der Waals surface area contributed by atoms with Gasteiger partial charge in [0.05, 0.1) is 0 Å². The number of hydrogen-bond acceptors (Lipinski definition) is 6. The molecule has 1 aliphatic heterocycles. The van der Waals surface area contributed by atoms with E-state index >= 15 is 0 Å². The van der Waals surface area contributed by atoms with Crippen LogP contribution in [0.2, 0.25) is 0 Å². The highest BCUT2D eigenvalue weighted by molar-refractivity contribution is 5.95. The third-order valence-corrected chi connectivity index (χ3v) is 4.53. The van der Waals surface area contributed by atoms with Crippen LogP contribution in [-0.2, 0) is 4.79 Å². The minimum Gasteiger partial charge on any atom is -0.354 e. The van der Waals surface area contributed by atoms with Crippen LogP contribution in [0.4, 0.5) is 11.8 Å². The molecule has 0 aromatic carbocycles. The number of aryl methyl sites for hydroxylation is 2. The Kier molecular flexibility index (Phi) is 4.02. The molecular weight excluding hydrogens is 330 g/mol. The maximum absolute atomic E-state index is 12.2. The molecular formula is C18H21N7O. The van der Waals surface area contributed by atoms with Gasteiger partial charge in [-0.3, -0.25) is 4.79 Å². The second-order valence-electron chi connectivity index (χ2n) is 6.61. The predicted molar refractivity (Wildman–Crippen MR) is 98.4 cm³/mol. The largest absolute Gasteiger partial charge is 0.354 e. The average molecular weight is 351 g/mol. The number of fused-ring (bicyclic) bond motifs is 3. The Labute approximate surface area is 151 Å². The van der Waals surface area contributed by atoms with E-state index in [1.165, 1.54) is 0 Å².